The highest BCUT2D eigenvalue weighted by atomic mass is 16.3. The van der Waals surface area contributed by atoms with Crippen LogP contribution in [0.1, 0.15) is 79.0 Å². The van der Waals surface area contributed by atoms with Crippen molar-refractivity contribution in [2.75, 3.05) is 9.80 Å². The van der Waals surface area contributed by atoms with Gasteiger partial charge < -0.3 is 14.2 Å². The zero-order chi connectivity index (χ0) is 40.3. The van der Waals surface area contributed by atoms with E-state index in [9.17, 15) is 0 Å². The molecule has 3 nitrogen and oxygen atoms in total. The van der Waals surface area contributed by atoms with E-state index in [-0.39, 0.29) is 23.0 Å². The lowest BCUT2D eigenvalue weighted by Crippen LogP contribution is -2.61. The predicted molar refractivity (Wildman–Crippen MR) is 249 cm³/mol. The smallest absolute Gasteiger partial charge is 0.252 e. The molecule has 0 unspecified atom stereocenters. The molecule has 0 fully saturated rings. The third-order valence-corrected chi connectivity index (χ3v) is 12.6. The molecule has 0 spiro atoms. The fourth-order valence-electron chi connectivity index (χ4n) is 9.24. The minimum atomic E-state index is -0.00984. The molecule has 0 N–H and O–H groups in total. The second kappa shape index (κ2) is 12.8. The van der Waals surface area contributed by atoms with Crippen LogP contribution in [0.4, 0.5) is 34.1 Å². The minimum absolute atomic E-state index is 0.00573. The van der Waals surface area contributed by atoms with Gasteiger partial charge in [0.05, 0.1) is 0 Å². The topological polar surface area (TPSA) is 19.6 Å². The van der Waals surface area contributed by atoms with Crippen LogP contribution in [0.5, 0.6) is 0 Å². The number of furan rings is 1. The first-order valence-electron chi connectivity index (χ1n) is 20.8. The number of benzene rings is 7. The van der Waals surface area contributed by atoms with Crippen LogP contribution in [0, 0.1) is 0 Å². The Balaban J connectivity index is 1.16. The molecule has 7 aromatic carbocycles. The third kappa shape index (κ3) is 5.79. The number of hydrogen-bond donors (Lipinski definition) is 0. The molecule has 0 amide bonds. The van der Waals surface area contributed by atoms with Gasteiger partial charge in [-0.1, -0.05) is 141 Å². The van der Waals surface area contributed by atoms with E-state index in [4.69, 9.17) is 4.42 Å². The monoisotopic (exact) mass is 754 g/mol. The first-order chi connectivity index (χ1) is 27.6. The van der Waals surface area contributed by atoms with Gasteiger partial charge in [-0.05, 0) is 127 Å². The summed E-state index contributed by atoms with van der Waals surface area (Å²) in [7, 11) is 0. The maximum atomic E-state index is 6.28. The van der Waals surface area contributed by atoms with Gasteiger partial charge in [0.1, 0.15) is 11.2 Å². The lowest BCUT2D eigenvalue weighted by molar-refractivity contribution is 0.590. The number of para-hydroxylation sites is 1. The molecule has 0 aliphatic carbocycles. The van der Waals surface area contributed by atoms with Crippen molar-refractivity contribution in [3.63, 3.8) is 0 Å². The van der Waals surface area contributed by atoms with E-state index in [1.165, 1.54) is 61.5 Å². The first kappa shape index (κ1) is 36.4. The Labute approximate surface area is 344 Å². The van der Waals surface area contributed by atoms with Crippen LogP contribution in [0.3, 0.4) is 0 Å². The largest absolute Gasteiger partial charge is 0.456 e. The van der Waals surface area contributed by atoms with Crippen molar-refractivity contribution < 1.29 is 4.42 Å². The highest BCUT2D eigenvalue weighted by molar-refractivity contribution is 7.00. The quantitative estimate of drug-likeness (QED) is 0.168. The molecule has 0 atom stereocenters. The Bertz CT molecular complexity index is 2900. The van der Waals surface area contributed by atoms with Crippen molar-refractivity contribution in [1.29, 1.82) is 0 Å². The van der Waals surface area contributed by atoms with Gasteiger partial charge in [-0.3, -0.25) is 0 Å². The zero-order valence-electron chi connectivity index (χ0n) is 35.2. The van der Waals surface area contributed by atoms with Crippen molar-refractivity contribution in [2.45, 2.75) is 78.6 Å². The van der Waals surface area contributed by atoms with E-state index in [0.717, 1.165) is 38.8 Å². The van der Waals surface area contributed by atoms with Gasteiger partial charge in [-0.15, -0.1) is 0 Å². The van der Waals surface area contributed by atoms with Gasteiger partial charge in [0.2, 0.25) is 0 Å². The van der Waals surface area contributed by atoms with E-state index < -0.39 is 0 Å². The van der Waals surface area contributed by atoms with E-state index in [1.54, 1.807) is 0 Å². The average Bonchev–Trinajstić information content (AvgIpc) is 3.57. The lowest BCUT2D eigenvalue weighted by Gasteiger charge is -2.45. The maximum Gasteiger partial charge on any atom is 0.252 e. The Hall–Kier alpha value is -6.00. The predicted octanol–water partition coefficient (Wildman–Crippen LogP) is 13.2. The summed E-state index contributed by atoms with van der Waals surface area (Å²) in [6, 6.07) is 54.6. The molecule has 3 heterocycles. The van der Waals surface area contributed by atoms with Gasteiger partial charge in [-0.25, -0.2) is 0 Å². The minimum Gasteiger partial charge on any atom is -0.456 e. The average molecular weight is 755 g/mol. The Morgan fingerprint density at radius 2 is 0.879 bits per heavy atom. The van der Waals surface area contributed by atoms with Gasteiger partial charge in [0, 0.05) is 44.9 Å². The number of nitrogens with zero attached hydrogens (tertiary/aromatic N) is 2. The Kier molecular flexibility index (Phi) is 7.99. The molecular weight excluding hydrogens is 703 g/mol. The highest BCUT2D eigenvalue weighted by Crippen LogP contribution is 2.46. The van der Waals surface area contributed by atoms with Gasteiger partial charge >= 0.3 is 0 Å². The van der Waals surface area contributed by atoms with E-state index >= 15 is 0 Å². The fourth-order valence-corrected chi connectivity index (χ4v) is 9.24. The second-order valence-corrected chi connectivity index (χ2v) is 19.5. The van der Waals surface area contributed by atoms with Crippen LogP contribution in [0.2, 0.25) is 0 Å². The molecule has 58 heavy (non-hydrogen) atoms. The lowest BCUT2D eigenvalue weighted by atomic mass is 9.33. The SMILES string of the molecule is CC(C)(C)c1ccc(N2c3cc(C(C)(C)C)ccc3B3c4ccc(C(C)(C)C)cc4N(c4ccc(-c5ccc6c(c5)oc5ccccc56)cc4)c4cccc2c43)cc1. The molecule has 286 valence electrons. The van der Waals surface area contributed by atoms with Crippen LogP contribution >= 0.6 is 0 Å². The summed E-state index contributed by atoms with van der Waals surface area (Å²) in [5.41, 5.74) is 19.5. The third-order valence-electron chi connectivity index (χ3n) is 12.6. The summed E-state index contributed by atoms with van der Waals surface area (Å²) < 4.78 is 6.28. The first-order valence-corrected chi connectivity index (χ1v) is 20.8. The molecule has 2 aliphatic heterocycles. The summed E-state index contributed by atoms with van der Waals surface area (Å²) in [5.74, 6) is 0. The molecule has 0 radical (unpaired) electrons. The fraction of sp³-hybridized carbons (Fsp3) is 0.222. The molecule has 10 rings (SSSR count). The molecule has 1 aromatic heterocycles. The highest BCUT2D eigenvalue weighted by Gasteiger charge is 2.43. The van der Waals surface area contributed by atoms with Gasteiger partial charge in [0.25, 0.3) is 6.71 Å². The molecule has 0 bridgehead atoms. The number of rotatable bonds is 3. The number of fused-ring (bicyclic) bond motifs is 7. The van der Waals surface area contributed by atoms with Crippen LogP contribution in [0.25, 0.3) is 33.1 Å². The summed E-state index contributed by atoms with van der Waals surface area (Å²) in [5, 5.41) is 2.30. The Morgan fingerprint density at radius 1 is 0.397 bits per heavy atom. The molecule has 4 heteroatoms. The van der Waals surface area contributed by atoms with E-state index in [1.807, 2.05) is 12.1 Å². The van der Waals surface area contributed by atoms with Crippen molar-refractivity contribution in [3.05, 3.63) is 162 Å². The molecule has 0 saturated heterocycles. The molecule has 0 saturated carbocycles. The van der Waals surface area contributed by atoms with Crippen LogP contribution in [-0.2, 0) is 16.2 Å². The molecule has 2 aliphatic rings. The van der Waals surface area contributed by atoms with Crippen LogP contribution in [-0.4, -0.2) is 6.71 Å². The molecular formula is C54H51BN2O. The van der Waals surface area contributed by atoms with Crippen molar-refractivity contribution in [3.8, 4) is 11.1 Å². The molecule has 8 aromatic rings. The summed E-state index contributed by atoms with van der Waals surface area (Å²) >= 11 is 0. The maximum absolute atomic E-state index is 6.28. The summed E-state index contributed by atoms with van der Waals surface area (Å²) in [4.78, 5) is 5.04. The van der Waals surface area contributed by atoms with Crippen molar-refractivity contribution in [1.82, 2.24) is 0 Å². The van der Waals surface area contributed by atoms with Crippen LogP contribution < -0.4 is 26.2 Å². The van der Waals surface area contributed by atoms with Crippen molar-refractivity contribution in [2.24, 2.45) is 0 Å². The van der Waals surface area contributed by atoms with E-state index in [2.05, 4.69) is 206 Å². The van der Waals surface area contributed by atoms with Gasteiger partial charge in [0.15, 0.2) is 0 Å². The van der Waals surface area contributed by atoms with Crippen molar-refractivity contribution >= 4 is 79.2 Å². The standard InChI is InChI=1S/C54H51BN2O/c1-52(2,3)36-20-26-40(27-21-36)57-46-15-12-14-45-51(46)55(44-30-23-38(33-48(44)57)54(7,8)9)43-29-22-37(53(4,5)6)32-47(43)56(45)39-24-17-34(18-25-39)35-19-28-42-41-13-10-11-16-49(41)58-50(42)31-35/h10-33H,1-9H3. The normalized spacial score (nSPS) is 13.8. The van der Waals surface area contributed by atoms with Gasteiger partial charge in [-0.2, -0.15) is 0 Å². The second-order valence-electron chi connectivity index (χ2n) is 19.5. The van der Waals surface area contributed by atoms with Crippen LogP contribution in [0.15, 0.2) is 150 Å². The van der Waals surface area contributed by atoms with E-state index in [0.29, 0.717) is 0 Å². The Morgan fingerprint density at radius 3 is 1.43 bits per heavy atom. The number of hydrogen-bond acceptors (Lipinski definition) is 3. The summed E-state index contributed by atoms with van der Waals surface area (Å²) in [6.45, 7) is 20.8. The summed E-state index contributed by atoms with van der Waals surface area (Å²) in [6.07, 6.45) is 0. The number of anilines is 6. The zero-order valence-corrected chi connectivity index (χ0v) is 35.2.